The van der Waals surface area contributed by atoms with Crippen LogP contribution in [0.1, 0.15) is 29.8 Å². The smallest absolute Gasteiger partial charge is 0.137 e. The number of thiophene rings is 1. The Morgan fingerprint density at radius 1 is 1.08 bits per heavy atom. The lowest BCUT2D eigenvalue weighted by Gasteiger charge is -2.35. The van der Waals surface area contributed by atoms with Gasteiger partial charge in [-0.05, 0) is 61.2 Å². The molecule has 3 unspecified atom stereocenters. The lowest BCUT2D eigenvalue weighted by molar-refractivity contribution is -0.00289. The molecule has 0 saturated heterocycles. The van der Waals surface area contributed by atoms with E-state index in [1.165, 1.54) is 36.2 Å². The standard InChI is InChI=1S/C37H39F2N5O4S/c1-5-32(46)43-9-10-44-30(21(43)2)18-29(41-44)36-34(33-28(39)16-25(38)17-31(33)48-12-11-47-4)37-27(8-13-49-37)35(40-36)23-7-6-22-15-26(20-45)42(3)19-24(22)14-23/h5-8,13-14,16-18,21,26,32,45-46H,1,9-12,15,19-20H2,2-4H3. The highest BCUT2D eigenvalue weighted by molar-refractivity contribution is 7.18. The zero-order valence-corrected chi connectivity index (χ0v) is 28.5. The quantitative estimate of drug-likeness (QED) is 0.136. The van der Waals surface area contributed by atoms with Crippen molar-refractivity contribution in [3.05, 3.63) is 89.0 Å². The molecule has 0 spiro atoms. The van der Waals surface area contributed by atoms with Crippen LogP contribution in [0.3, 0.4) is 0 Å². The Hall–Kier alpha value is -4.04. The second-order valence-electron chi connectivity index (χ2n) is 12.6. The number of aromatic nitrogens is 3. The Morgan fingerprint density at radius 2 is 1.92 bits per heavy atom. The molecule has 12 heteroatoms. The van der Waals surface area contributed by atoms with Crippen molar-refractivity contribution in [3.63, 3.8) is 0 Å². The summed E-state index contributed by atoms with van der Waals surface area (Å²) in [7, 11) is 3.55. The largest absolute Gasteiger partial charge is 0.490 e. The molecule has 0 amide bonds. The molecule has 2 aromatic carbocycles. The van der Waals surface area contributed by atoms with Crippen LogP contribution in [0.15, 0.2) is 60.5 Å². The van der Waals surface area contributed by atoms with E-state index in [2.05, 4.69) is 23.6 Å². The zero-order chi connectivity index (χ0) is 34.4. The molecule has 0 saturated carbocycles. The van der Waals surface area contributed by atoms with Gasteiger partial charge in [0, 0.05) is 59.6 Å². The number of halogens is 2. The Balaban J connectivity index is 1.46. The summed E-state index contributed by atoms with van der Waals surface area (Å²) in [6.07, 6.45) is 1.43. The minimum Gasteiger partial charge on any atom is -0.490 e. The van der Waals surface area contributed by atoms with Gasteiger partial charge in [0.15, 0.2) is 0 Å². The van der Waals surface area contributed by atoms with E-state index in [-0.39, 0.29) is 43.2 Å². The molecule has 2 aliphatic heterocycles. The summed E-state index contributed by atoms with van der Waals surface area (Å²) in [4.78, 5) is 9.37. The molecule has 2 aliphatic rings. The van der Waals surface area contributed by atoms with Crippen molar-refractivity contribution >= 4 is 21.4 Å². The van der Waals surface area contributed by atoms with Gasteiger partial charge in [0.05, 0.1) is 42.8 Å². The van der Waals surface area contributed by atoms with Gasteiger partial charge in [-0.15, -0.1) is 11.3 Å². The molecule has 0 fully saturated rings. The highest BCUT2D eigenvalue weighted by atomic mass is 32.1. The number of methoxy groups -OCH3 is 1. The summed E-state index contributed by atoms with van der Waals surface area (Å²) in [5, 5.41) is 28.3. The van der Waals surface area contributed by atoms with Gasteiger partial charge in [-0.2, -0.15) is 5.10 Å². The maximum atomic E-state index is 16.1. The number of benzene rings is 2. The van der Waals surface area contributed by atoms with Crippen LogP contribution in [0, 0.1) is 11.6 Å². The second-order valence-corrected chi connectivity index (χ2v) is 13.5. The summed E-state index contributed by atoms with van der Waals surface area (Å²) in [5.41, 5.74) is 6.37. The maximum absolute atomic E-state index is 16.1. The molecule has 3 atom stereocenters. The summed E-state index contributed by atoms with van der Waals surface area (Å²) in [6, 6.07) is 12.1. The van der Waals surface area contributed by atoms with Gasteiger partial charge in [0.1, 0.15) is 41.6 Å². The second kappa shape index (κ2) is 13.7. The summed E-state index contributed by atoms with van der Waals surface area (Å²) < 4.78 is 44.6. The molecule has 0 aliphatic carbocycles. The molecule has 49 heavy (non-hydrogen) atoms. The third-order valence-corrected chi connectivity index (χ3v) is 10.6. The van der Waals surface area contributed by atoms with E-state index in [1.807, 2.05) is 47.1 Å². The van der Waals surface area contributed by atoms with Crippen LogP contribution in [0.2, 0.25) is 0 Å². The SMILES string of the molecule is C=CC(O)N1CCn2nc(-c3nc(-c4ccc5c(c4)CN(C)C(CO)C5)c4ccsc4c3-c3c(F)cc(F)cc3OCCOC)cc2C1C. The van der Waals surface area contributed by atoms with Gasteiger partial charge < -0.3 is 19.7 Å². The summed E-state index contributed by atoms with van der Waals surface area (Å²) in [6.45, 7) is 7.95. The minimum atomic E-state index is -0.819. The summed E-state index contributed by atoms with van der Waals surface area (Å²) >= 11 is 1.45. The molecule has 5 aromatic rings. The van der Waals surface area contributed by atoms with E-state index in [0.717, 1.165) is 45.1 Å². The first kappa shape index (κ1) is 33.5. The highest BCUT2D eigenvalue weighted by Crippen LogP contribution is 2.47. The van der Waals surface area contributed by atoms with Crippen molar-refractivity contribution in [2.24, 2.45) is 0 Å². The van der Waals surface area contributed by atoms with E-state index < -0.39 is 17.9 Å². The number of rotatable bonds is 10. The number of fused-ring (bicyclic) bond motifs is 3. The number of nitrogens with zero attached hydrogens (tertiary/aromatic N) is 5. The molecular formula is C37H39F2N5O4S. The van der Waals surface area contributed by atoms with E-state index in [9.17, 15) is 14.6 Å². The monoisotopic (exact) mass is 687 g/mol. The number of likely N-dealkylation sites (N-methyl/N-ethyl adjacent to an activating group) is 1. The molecule has 256 valence electrons. The lowest BCUT2D eigenvalue weighted by Crippen LogP contribution is -2.42. The number of aliphatic hydroxyl groups is 2. The Morgan fingerprint density at radius 3 is 2.69 bits per heavy atom. The molecule has 0 radical (unpaired) electrons. The van der Waals surface area contributed by atoms with Gasteiger partial charge in [0.2, 0.25) is 0 Å². The number of hydrogen-bond acceptors (Lipinski definition) is 9. The predicted molar refractivity (Wildman–Crippen MR) is 186 cm³/mol. The van der Waals surface area contributed by atoms with Crippen LogP contribution in [-0.2, 0) is 24.2 Å². The fraction of sp³-hybridized carbons (Fsp3) is 0.351. The first-order chi connectivity index (χ1) is 23.7. The van der Waals surface area contributed by atoms with Crippen LogP contribution in [0.5, 0.6) is 5.75 Å². The molecule has 0 bridgehead atoms. The maximum Gasteiger partial charge on any atom is 0.137 e. The van der Waals surface area contributed by atoms with Gasteiger partial charge in [0.25, 0.3) is 0 Å². The minimum absolute atomic E-state index is 0.0490. The van der Waals surface area contributed by atoms with Gasteiger partial charge >= 0.3 is 0 Å². The average molecular weight is 688 g/mol. The Labute approximate surface area is 287 Å². The average Bonchev–Trinajstić information content (AvgIpc) is 3.76. The van der Waals surface area contributed by atoms with Crippen molar-refractivity contribution in [1.29, 1.82) is 0 Å². The van der Waals surface area contributed by atoms with Crippen molar-refractivity contribution in [2.45, 2.75) is 44.7 Å². The fourth-order valence-electron chi connectivity index (χ4n) is 7.07. The number of ether oxygens (including phenoxy) is 2. The van der Waals surface area contributed by atoms with Crippen molar-refractivity contribution < 1.29 is 28.5 Å². The van der Waals surface area contributed by atoms with Crippen LogP contribution >= 0.6 is 11.3 Å². The Kier molecular flexibility index (Phi) is 9.35. The van der Waals surface area contributed by atoms with Crippen molar-refractivity contribution in [1.82, 2.24) is 24.6 Å². The topological polar surface area (TPSA) is 96.1 Å². The molecule has 9 nitrogen and oxygen atoms in total. The predicted octanol–water partition coefficient (Wildman–Crippen LogP) is 6.03. The van der Waals surface area contributed by atoms with Crippen LogP contribution in [0.25, 0.3) is 43.9 Å². The van der Waals surface area contributed by atoms with Gasteiger partial charge in [-0.3, -0.25) is 14.5 Å². The highest BCUT2D eigenvalue weighted by Gasteiger charge is 2.32. The van der Waals surface area contributed by atoms with E-state index >= 15 is 4.39 Å². The van der Waals surface area contributed by atoms with Crippen LogP contribution in [-0.4, -0.2) is 87.6 Å². The number of pyridine rings is 1. The van der Waals surface area contributed by atoms with E-state index in [0.29, 0.717) is 36.6 Å². The molecular weight excluding hydrogens is 649 g/mol. The van der Waals surface area contributed by atoms with Crippen LogP contribution < -0.4 is 4.74 Å². The molecule has 2 N–H and O–H groups in total. The fourth-order valence-corrected chi connectivity index (χ4v) is 8.02. The Bertz CT molecular complexity index is 2030. The van der Waals surface area contributed by atoms with Crippen LogP contribution in [0.4, 0.5) is 8.78 Å². The molecule has 3 aromatic heterocycles. The molecule has 5 heterocycles. The normalized spacial score (nSPS) is 18.8. The first-order valence-electron chi connectivity index (χ1n) is 16.3. The number of aliphatic hydroxyl groups excluding tert-OH is 2. The lowest BCUT2D eigenvalue weighted by atomic mass is 9.91. The van der Waals surface area contributed by atoms with Crippen molar-refractivity contribution in [2.75, 3.05) is 40.5 Å². The third kappa shape index (κ3) is 6.07. The van der Waals surface area contributed by atoms with Gasteiger partial charge in [-0.25, -0.2) is 13.8 Å². The van der Waals surface area contributed by atoms with E-state index in [1.54, 1.807) is 0 Å². The third-order valence-electron chi connectivity index (χ3n) is 9.71. The first-order valence-corrected chi connectivity index (χ1v) is 17.2. The molecule has 7 rings (SSSR count). The number of hydrogen-bond donors (Lipinski definition) is 2. The van der Waals surface area contributed by atoms with E-state index in [4.69, 9.17) is 19.6 Å². The van der Waals surface area contributed by atoms with Crippen molar-refractivity contribution in [3.8, 4) is 39.5 Å². The zero-order valence-electron chi connectivity index (χ0n) is 27.7. The van der Waals surface area contributed by atoms with Gasteiger partial charge in [-0.1, -0.05) is 18.7 Å². The summed E-state index contributed by atoms with van der Waals surface area (Å²) in [5.74, 6) is -1.48.